The van der Waals surface area contributed by atoms with Crippen LogP contribution in [-0.2, 0) is 0 Å². The Morgan fingerprint density at radius 3 is 2.83 bits per heavy atom. The van der Waals surface area contributed by atoms with E-state index in [0.717, 1.165) is 0 Å². The maximum Gasteiger partial charge on any atom is 0.272 e. The molecule has 64 valence electrons. The second-order valence-corrected chi connectivity index (χ2v) is 2.90. The lowest BCUT2D eigenvalue weighted by atomic mass is 10.7. The number of thioether (sulfide) groups is 1. The number of hydrogen-bond acceptors (Lipinski definition) is 5. The molecule has 1 aromatic heterocycles. The molecule has 1 aromatic rings. The van der Waals surface area contributed by atoms with Crippen LogP contribution < -0.4 is 0 Å². The number of aromatic nitrogens is 2. The predicted molar refractivity (Wildman–Crippen MR) is 49.3 cm³/mol. The monoisotopic (exact) mass is 183 g/mol. The van der Waals surface area contributed by atoms with Crippen LogP contribution in [0.15, 0.2) is 21.4 Å². The topological polar surface area (TPSA) is 51.3 Å². The summed E-state index contributed by atoms with van der Waals surface area (Å²) >= 11 is 1.36. The van der Waals surface area contributed by atoms with Crippen LogP contribution in [0.4, 0.5) is 0 Å². The number of hydrogen-bond donors (Lipinski definition) is 0. The van der Waals surface area contributed by atoms with Crippen LogP contribution >= 0.6 is 11.8 Å². The van der Waals surface area contributed by atoms with Crippen molar-refractivity contribution < 1.29 is 4.42 Å². The van der Waals surface area contributed by atoms with E-state index in [1.54, 1.807) is 19.4 Å². The van der Waals surface area contributed by atoms with E-state index in [1.807, 2.05) is 0 Å². The zero-order valence-electron chi connectivity index (χ0n) is 6.94. The first-order valence-electron chi connectivity index (χ1n) is 3.32. The molecule has 0 fully saturated rings. The Balaban J connectivity index is 2.87. The molecule has 0 bridgehead atoms. The van der Waals surface area contributed by atoms with Crippen LogP contribution in [0.1, 0.15) is 11.8 Å². The molecule has 0 amide bonds. The van der Waals surface area contributed by atoms with Gasteiger partial charge in [0.15, 0.2) is 5.04 Å². The van der Waals surface area contributed by atoms with Crippen LogP contribution in [-0.4, -0.2) is 22.3 Å². The highest BCUT2D eigenvalue weighted by molar-refractivity contribution is 8.16. The maximum absolute atomic E-state index is 5.17. The summed E-state index contributed by atoms with van der Waals surface area (Å²) in [7, 11) is 1.67. The Hall–Kier alpha value is -1.10. The summed E-state index contributed by atoms with van der Waals surface area (Å²) < 4.78 is 5.17. The molecule has 4 nitrogen and oxygen atoms in total. The van der Waals surface area contributed by atoms with Crippen LogP contribution in [0.5, 0.6) is 0 Å². The van der Waals surface area contributed by atoms with Gasteiger partial charge >= 0.3 is 0 Å². The van der Waals surface area contributed by atoms with Gasteiger partial charge < -0.3 is 4.42 Å². The Morgan fingerprint density at radius 1 is 1.67 bits per heavy atom. The Kier molecular flexibility index (Phi) is 3.04. The molecular weight excluding hydrogens is 174 g/mol. The molecule has 0 spiro atoms. The fraction of sp³-hybridized carbons (Fsp3) is 0.286. The molecule has 0 aromatic carbocycles. The molecule has 0 saturated heterocycles. The van der Waals surface area contributed by atoms with E-state index in [0.29, 0.717) is 16.8 Å². The molecule has 0 N–H and O–H groups in total. The summed E-state index contributed by atoms with van der Waals surface area (Å²) in [6.07, 6.45) is 0. The van der Waals surface area contributed by atoms with Gasteiger partial charge in [-0.3, -0.25) is 4.99 Å². The van der Waals surface area contributed by atoms with Crippen molar-refractivity contribution in [2.24, 2.45) is 4.99 Å². The van der Waals surface area contributed by atoms with Crippen LogP contribution in [0.2, 0.25) is 0 Å². The van der Waals surface area contributed by atoms with Gasteiger partial charge in [-0.05, 0) is 5.41 Å². The van der Waals surface area contributed by atoms with Gasteiger partial charge in [0.05, 0.1) is 0 Å². The lowest BCUT2D eigenvalue weighted by molar-refractivity contribution is 0.512. The molecule has 12 heavy (non-hydrogen) atoms. The van der Waals surface area contributed by atoms with Crippen molar-refractivity contribution >= 4 is 16.8 Å². The molecule has 0 aliphatic heterocycles. The van der Waals surface area contributed by atoms with E-state index in [9.17, 15) is 0 Å². The van der Waals surface area contributed by atoms with E-state index in [2.05, 4.69) is 21.8 Å². The van der Waals surface area contributed by atoms with Crippen molar-refractivity contribution in [1.82, 2.24) is 10.2 Å². The van der Waals surface area contributed by atoms with E-state index >= 15 is 0 Å². The van der Waals surface area contributed by atoms with Crippen LogP contribution in [0.25, 0.3) is 0 Å². The number of rotatable bonds is 2. The van der Waals surface area contributed by atoms with E-state index in [-0.39, 0.29) is 0 Å². The Bertz CT molecular complexity index is 305. The van der Waals surface area contributed by atoms with Gasteiger partial charge in [0.25, 0.3) is 5.89 Å². The summed E-state index contributed by atoms with van der Waals surface area (Å²) in [5, 5.41) is 9.87. The average Bonchev–Trinajstić information content (AvgIpc) is 2.47. The van der Waals surface area contributed by atoms with Crippen molar-refractivity contribution in [3.63, 3.8) is 0 Å². The zero-order valence-corrected chi connectivity index (χ0v) is 7.76. The van der Waals surface area contributed by atoms with E-state index in [1.165, 1.54) is 11.8 Å². The summed E-state index contributed by atoms with van der Waals surface area (Å²) in [4.78, 5) is 3.97. The number of aliphatic imine (C=N–C) groups is 1. The molecule has 0 aliphatic carbocycles. The largest absolute Gasteiger partial charge is 0.419 e. The SMILES string of the molecule is C=CSC(=NC)c1nnc(C)o1. The first kappa shape index (κ1) is 8.99. The third-order valence-electron chi connectivity index (χ3n) is 1.11. The fourth-order valence-corrected chi connectivity index (χ4v) is 1.11. The second kappa shape index (κ2) is 4.06. The van der Waals surface area contributed by atoms with Gasteiger partial charge in [-0.25, -0.2) is 0 Å². The lowest BCUT2D eigenvalue weighted by Crippen LogP contribution is -1.93. The van der Waals surface area contributed by atoms with Gasteiger partial charge in [0.1, 0.15) is 0 Å². The van der Waals surface area contributed by atoms with Crippen LogP contribution in [0.3, 0.4) is 0 Å². The number of nitrogens with zero attached hydrogens (tertiary/aromatic N) is 3. The lowest BCUT2D eigenvalue weighted by Gasteiger charge is -1.92. The summed E-state index contributed by atoms with van der Waals surface area (Å²) in [6.45, 7) is 5.31. The normalized spacial score (nSPS) is 11.7. The zero-order chi connectivity index (χ0) is 8.97. The van der Waals surface area contributed by atoms with Crippen molar-refractivity contribution in [2.75, 3.05) is 7.05 Å². The predicted octanol–water partition coefficient (Wildman–Crippen LogP) is 1.63. The van der Waals surface area contributed by atoms with Crippen LogP contribution in [0, 0.1) is 6.92 Å². The molecule has 0 saturated carbocycles. The summed E-state index contributed by atoms with van der Waals surface area (Å²) in [5.74, 6) is 0.982. The summed E-state index contributed by atoms with van der Waals surface area (Å²) in [6, 6.07) is 0. The van der Waals surface area contributed by atoms with Crippen molar-refractivity contribution in [3.05, 3.63) is 23.8 Å². The third-order valence-corrected chi connectivity index (χ3v) is 1.85. The highest BCUT2D eigenvalue weighted by atomic mass is 32.2. The van der Waals surface area contributed by atoms with Gasteiger partial charge in [-0.2, -0.15) is 0 Å². The second-order valence-electron chi connectivity index (χ2n) is 1.94. The summed E-state index contributed by atoms with van der Waals surface area (Å²) in [5.41, 5.74) is 0. The molecule has 0 aliphatic rings. The van der Waals surface area contributed by atoms with Crippen molar-refractivity contribution in [1.29, 1.82) is 0 Å². The highest BCUT2D eigenvalue weighted by Crippen LogP contribution is 2.12. The Morgan fingerprint density at radius 2 is 2.42 bits per heavy atom. The smallest absolute Gasteiger partial charge is 0.272 e. The van der Waals surface area contributed by atoms with E-state index in [4.69, 9.17) is 4.42 Å². The first-order valence-corrected chi connectivity index (χ1v) is 4.20. The molecule has 1 heterocycles. The molecule has 0 atom stereocenters. The standard InChI is InChI=1S/C7H9N3OS/c1-4-12-7(8-3)6-10-9-5(2)11-6/h4H,1H2,2-3H3. The minimum atomic E-state index is 0.444. The van der Waals surface area contributed by atoms with Gasteiger partial charge in [0.2, 0.25) is 5.89 Å². The molecular formula is C7H9N3OS. The van der Waals surface area contributed by atoms with Gasteiger partial charge in [-0.15, -0.1) is 10.2 Å². The van der Waals surface area contributed by atoms with Gasteiger partial charge in [0, 0.05) is 14.0 Å². The number of aryl methyl sites for hydroxylation is 1. The minimum Gasteiger partial charge on any atom is -0.419 e. The van der Waals surface area contributed by atoms with E-state index < -0.39 is 0 Å². The van der Waals surface area contributed by atoms with Gasteiger partial charge in [-0.1, -0.05) is 18.3 Å². The third kappa shape index (κ3) is 1.94. The minimum absolute atomic E-state index is 0.444. The highest BCUT2D eigenvalue weighted by Gasteiger charge is 2.08. The van der Waals surface area contributed by atoms with Crippen molar-refractivity contribution in [3.8, 4) is 0 Å². The maximum atomic E-state index is 5.17. The molecule has 0 unspecified atom stereocenters. The Labute approximate surface area is 74.8 Å². The quantitative estimate of drug-likeness (QED) is 0.516. The molecule has 1 rings (SSSR count). The molecule has 5 heteroatoms. The average molecular weight is 183 g/mol. The molecule has 0 radical (unpaired) electrons. The first-order chi connectivity index (χ1) is 5.77. The fourth-order valence-electron chi connectivity index (χ4n) is 0.661. The van der Waals surface area contributed by atoms with Crippen molar-refractivity contribution in [2.45, 2.75) is 6.92 Å².